The second-order valence-electron chi connectivity index (χ2n) is 4.14. The van der Waals surface area contributed by atoms with Crippen molar-refractivity contribution in [3.05, 3.63) is 57.5 Å². The number of nitrogens with zero attached hydrogens (tertiary/aromatic N) is 2. The van der Waals surface area contributed by atoms with E-state index in [4.69, 9.17) is 11.6 Å². The summed E-state index contributed by atoms with van der Waals surface area (Å²) in [5.41, 5.74) is 0.659. The molecule has 2 aromatic rings. The van der Waals surface area contributed by atoms with Gasteiger partial charge in [0.05, 0.1) is 6.54 Å². The Morgan fingerprint density at radius 3 is 2.67 bits per heavy atom. The van der Waals surface area contributed by atoms with Gasteiger partial charge in [0, 0.05) is 24.0 Å². The van der Waals surface area contributed by atoms with E-state index in [1.54, 1.807) is 27.6 Å². The van der Waals surface area contributed by atoms with E-state index in [1.807, 2.05) is 6.92 Å². The van der Waals surface area contributed by atoms with Crippen LogP contribution in [0, 0.1) is 5.82 Å². The Hall–Kier alpha value is -1.55. The van der Waals surface area contributed by atoms with E-state index in [-0.39, 0.29) is 11.5 Å². The van der Waals surface area contributed by atoms with Gasteiger partial charge >= 0.3 is 5.69 Å². The number of imidazole rings is 1. The van der Waals surface area contributed by atoms with Crippen LogP contribution in [0.15, 0.2) is 35.4 Å². The van der Waals surface area contributed by atoms with Gasteiger partial charge in [0.25, 0.3) is 0 Å². The van der Waals surface area contributed by atoms with Crippen molar-refractivity contribution in [2.45, 2.75) is 26.4 Å². The molecule has 1 aromatic heterocycles. The average Bonchev–Trinajstić information content (AvgIpc) is 2.66. The van der Waals surface area contributed by atoms with Gasteiger partial charge in [-0.1, -0.05) is 24.6 Å². The minimum atomic E-state index is -0.375. The molecule has 0 fully saturated rings. The average molecular weight is 269 g/mol. The number of aryl methyl sites for hydroxylation is 1. The number of benzene rings is 1. The highest BCUT2D eigenvalue weighted by Gasteiger charge is 2.06. The third-order valence-corrected chi connectivity index (χ3v) is 3.09. The molecule has 0 bridgehead atoms. The fourth-order valence-electron chi connectivity index (χ4n) is 1.82. The molecule has 3 nitrogen and oxygen atoms in total. The Balaban J connectivity index is 2.26. The van der Waals surface area contributed by atoms with Crippen LogP contribution in [0.1, 0.15) is 18.9 Å². The Labute approximate surface area is 109 Å². The monoisotopic (exact) mass is 268 g/mol. The van der Waals surface area contributed by atoms with E-state index < -0.39 is 0 Å². The lowest BCUT2D eigenvalue weighted by atomic mass is 10.2. The van der Waals surface area contributed by atoms with E-state index >= 15 is 0 Å². The fourth-order valence-corrected chi connectivity index (χ4v) is 2.05. The summed E-state index contributed by atoms with van der Waals surface area (Å²) in [7, 11) is 0. The molecule has 0 atom stereocenters. The number of halogens is 2. The van der Waals surface area contributed by atoms with Crippen molar-refractivity contribution in [2.24, 2.45) is 0 Å². The first-order chi connectivity index (χ1) is 8.61. The molecule has 0 amide bonds. The van der Waals surface area contributed by atoms with Crippen LogP contribution in [0.4, 0.5) is 4.39 Å². The Morgan fingerprint density at radius 1 is 1.28 bits per heavy atom. The SMILES string of the molecule is CCCn1ccn(Cc2ccc(F)cc2Cl)c1=O. The second-order valence-corrected chi connectivity index (χ2v) is 4.54. The minimum absolute atomic E-state index is 0.0720. The highest BCUT2D eigenvalue weighted by Crippen LogP contribution is 2.17. The van der Waals surface area contributed by atoms with Crippen LogP contribution in [-0.4, -0.2) is 9.13 Å². The molecule has 96 valence electrons. The summed E-state index contributed by atoms with van der Waals surface area (Å²) in [6.07, 6.45) is 4.38. The third-order valence-electron chi connectivity index (χ3n) is 2.74. The summed E-state index contributed by atoms with van der Waals surface area (Å²) in [5, 5.41) is 0.338. The topological polar surface area (TPSA) is 26.9 Å². The summed E-state index contributed by atoms with van der Waals surface area (Å²) < 4.78 is 16.1. The van der Waals surface area contributed by atoms with Crippen molar-refractivity contribution in [2.75, 3.05) is 0 Å². The van der Waals surface area contributed by atoms with Crippen LogP contribution in [0.2, 0.25) is 5.02 Å². The highest BCUT2D eigenvalue weighted by atomic mass is 35.5. The van der Waals surface area contributed by atoms with E-state index in [0.717, 1.165) is 12.0 Å². The molecule has 0 saturated heterocycles. The molecule has 1 aromatic carbocycles. The van der Waals surface area contributed by atoms with Crippen LogP contribution < -0.4 is 5.69 Å². The molecule has 18 heavy (non-hydrogen) atoms. The van der Waals surface area contributed by atoms with Gasteiger partial charge in [0.1, 0.15) is 5.82 Å². The molecular formula is C13H14ClFN2O. The van der Waals surface area contributed by atoms with E-state index in [1.165, 1.54) is 12.1 Å². The molecule has 0 radical (unpaired) electrons. The summed E-state index contributed by atoms with van der Waals surface area (Å²) >= 11 is 5.94. The fraction of sp³-hybridized carbons (Fsp3) is 0.308. The molecule has 2 rings (SSSR count). The first kappa shape index (κ1) is 12.9. The van der Waals surface area contributed by atoms with Gasteiger partial charge < -0.3 is 0 Å². The first-order valence-corrected chi connectivity index (χ1v) is 6.19. The van der Waals surface area contributed by atoms with Gasteiger partial charge in [0.15, 0.2) is 0 Å². The lowest BCUT2D eigenvalue weighted by Gasteiger charge is -2.05. The summed E-state index contributed by atoms with van der Waals surface area (Å²) in [5.74, 6) is -0.375. The molecule has 0 aliphatic heterocycles. The lowest BCUT2D eigenvalue weighted by molar-refractivity contribution is 0.618. The highest BCUT2D eigenvalue weighted by molar-refractivity contribution is 6.31. The van der Waals surface area contributed by atoms with Crippen molar-refractivity contribution < 1.29 is 4.39 Å². The van der Waals surface area contributed by atoms with Gasteiger partial charge in [0.2, 0.25) is 0 Å². The van der Waals surface area contributed by atoms with Crippen LogP contribution in [0.5, 0.6) is 0 Å². The van der Waals surface area contributed by atoms with Crippen molar-refractivity contribution in [3.63, 3.8) is 0 Å². The maximum absolute atomic E-state index is 12.9. The standard InChI is InChI=1S/C13H14ClFN2O/c1-2-5-16-6-7-17(13(16)18)9-10-3-4-11(15)8-12(10)14/h3-4,6-8H,2,5,9H2,1H3. The Morgan fingerprint density at radius 2 is 2.00 bits per heavy atom. The zero-order valence-corrected chi connectivity index (χ0v) is 10.8. The van der Waals surface area contributed by atoms with E-state index in [0.29, 0.717) is 18.1 Å². The molecule has 5 heteroatoms. The second kappa shape index (κ2) is 5.40. The zero-order chi connectivity index (χ0) is 13.1. The van der Waals surface area contributed by atoms with E-state index in [9.17, 15) is 9.18 Å². The Bertz CT molecular complexity index is 603. The van der Waals surface area contributed by atoms with Crippen molar-refractivity contribution >= 4 is 11.6 Å². The summed E-state index contributed by atoms with van der Waals surface area (Å²) in [4.78, 5) is 12.0. The molecule has 0 aliphatic rings. The van der Waals surface area contributed by atoms with E-state index in [2.05, 4.69) is 0 Å². The summed E-state index contributed by atoms with van der Waals surface area (Å²) in [6, 6.07) is 4.20. The molecule has 0 aliphatic carbocycles. The lowest BCUT2D eigenvalue weighted by Crippen LogP contribution is -2.24. The number of aromatic nitrogens is 2. The largest absolute Gasteiger partial charge is 0.328 e. The quantitative estimate of drug-likeness (QED) is 0.838. The molecule has 1 heterocycles. The maximum atomic E-state index is 12.9. The minimum Gasteiger partial charge on any atom is -0.299 e. The molecule has 0 spiro atoms. The van der Waals surface area contributed by atoms with Gasteiger partial charge in [-0.25, -0.2) is 9.18 Å². The van der Waals surface area contributed by atoms with Crippen LogP contribution >= 0.6 is 11.6 Å². The van der Waals surface area contributed by atoms with Gasteiger partial charge in [-0.15, -0.1) is 0 Å². The molecule has 0 unspecified atom stereocenters. The van der Waals surface area contributed by atoms with Crippen molar-refractivity contribution in [1.29, 1.82) is 0 Å². The van der Waals surface area contributed by atoms with Crippen LogP contribution in [0.3, 0.4) is 0 Å². The molecule has 0 saturated carbocycles. The number of rotatable bonds is 4. The normalized spacial score (nSPS) is 10.8. The maximum Gasteiger partial charge on any atom is 0.328 e. The van der Waals surface area contributed by atoms with Crippen LogP contribution in [-0.2, 0) is 13.1 Å². The first-order valence-electron chi connectivity index (χ1n) is 5.81. The molecule has 0 N–H and O–H groups in total. The zero-order valence-electron chi connectivity index (χ0n) is 10.1. The smallest absolute Gasteiger partial charge is 0.299 e. The Kier molecular flexibility index (Phi) is 3.87. The van der Waals surface area contributed by atoms with Gasteiger partial charge in [-0.3, -0.25) is 9.13 Å². The van der Waals surface area contributed by atoms with Crippen molar-refractivity contribution in [3.8, 4) is 0 Å². The van der Waals surface area contributed by atoms with Crippen molar-refractivity contribution in [1.82, 2.24) is 9.13 Å². The van der Waals surface area contributed by atoms with Gasteiger partial charge in [-0.05, 0) is 24.1 Å². The molecular weight excluding hydrogens is 255 g/mol. The predicted octanol–water partition coefficient (Wildman–Crippen LogP) is 2.90. The predicted molar refractivity (Wildman–Crippen MR) is 69.5 cm³/mol. The third kappa shape index (κ3) is 2.64. The number of hydrogen-bond acceptors (Lipinski definition) is 1. The van der Waals surface area contributed by atoms with Gasteiger partial charge in [-0.2, -0.15) is 0 Å². The van der Waals surface area contributed by atoms with Crippen LogP contribution in [0.25, 0.3) is 0 Å². The number of hydrogen-bond donors (Lipinski definition) is 0. The summed E-state index contributed by atoms with van der Waals surface area (Å²) in [6.45, 7) is 3.07.